The number of hydrogen-bond donors (Lipinski definition) is 0. The highest BCUT2D eigenvalue weighted by atomic mass is 19.1. The molecule has 0 aliphatic carbocycles. The highest BCUT2D eigenvalue weighted by Crippen LogP contribution is 2.36. The Kier molecular flexibility index (Phi) is 6.31. The van der Waals surface area contributed by atoms with Crippen LogP contribution < -0.4 is 4.90 Å². The third kappa shape index (κ3) is 4.39. The summed E-state index contributed by atoms with van der Waals surface area (Å²) in [6.45, 7) is 4.76. The van der Waals surface area contributed by atoms with E-state index in [0.29, 0.717) is 31.1 Å². The van der Waals surface area contributed by atoms with Crippen LogP contribution in [0, 0.1) is 18.6 Å². The lowest BCUT2D eigenvalue weighted by Gasteiger charge is -2.25. The fourth-order valence-corrected chi connectivity index (χ4v) is 3.91. The molecule has 2 aromatic carbocycles. The fourth-order valence-electron chi connectivity index (χ4n) is 3.91. The number of likely N-dealkylation sites (N-methyl/N-ethyl adjacent to an activating group) is 1. The van der Waals surface area contributed by atoms with Crippen molar-refractivity contribution in [1.82, 2.24) is 9.88 Å². The van der Waals surface area contributed by atoms with Gasteiger partial charge in [0.2, 0.25) is 0 Å². The third-order valence-electron chi connectivity index (χ3n) is 5.67. The van der Waals surface area contributed by atoms with E-state index in [1.807, 2.05) is 43.0 Å². The topological polar surface area (TPSA) is 53.5 Å². The first-order chi connectivity index (χ1) is 15.9. The van der Waals surface area contributed by atoms with E-state index in [-0.39, 0.29) is 17.0 Å². The lowest BCUT2D eigenvalue weighted by molar-refractivity contribution is -0.120. The van der Waals surface area contributed by atoms with Crippen LogP contribution in [0.1, 0.15) is 23.6 Å². The first kappa shape index (κ1) is 22.3. The van der Waals surface area contributed by atoms with E-state index in [4.69, 9.17) is 0 Å². The second-order valence-electron chi connectivity index (χ2n) is 7.82. The van der Waals surface area contributed by atoms with E-state index in [2.05, 4.69) is 4.98 Å². The van der Waals surface area contributed by atoms with Crippen LogP contribution in [-0.2, 0) is 16.0 Å². The summed E-state index contributed by atoms with van der Waals surface area (Å²) in [5, 5.41) is 0. The standard InChI is InChI=1S/C26H23F2N3O2/c1-3-30(15-12-18-10-13-29-14-11-18)24-23(19-6-4-17(2)5-7-19)25(32)31(26(24)33)22-9-8-20(27)16-21(22)28/h4-11,13-14,16H,3,12,15H2,1-2H3. The molecule has 33 heavy (non-hydrogen) atoms. The van der Waals surface area contributed by atoms with Crippen LogP contribution in [-0.4, -0.2) is 34.8 Å². The zero-order chi connectivity index (χ0) is 23.5. The third-order valence-corrected chi connectivity index (χ3v) is 5.67. The van der Waals surface area contributed by atoms with Crippen LogP contribution >= 0.6 is 0 Å². The summed E-state index contributed by atoms with van der Waals surface area (Å²) in [5.41, 5.74) is 2.77. The molecule has 2 heterocycles. The monoisotopic (exact) mass is 447 g/mol. The summed E-state index contributed by atoms with van der Waals surface area (Å²) in [6, 6.07) is 13.9. The van der Waals surface area contributed by atoms with Gasteiger partial charge in [0.1, 0.15) is 17.3 Å². The second-order valence-corrected chi connectivity index (χ2v) is 7.82. The number of halogens is 2. The number of carbonyl (C=O) groups is 2. The summed E-state index contributed by atoms with van der Waals surface area (Å²) in [5.74, 6) is -3.01. The van der Waals surface area contributed by atoms with Gasteiger partial charge in [0.15, 0.2) is 0 Å². The molecular formula is C26H23F2N3O2. The maximum atomic E-state index is 14.6. The van der Waals surface area contributed by atoms with Crippen molar-refractivity contribution in [2.45, 2.75) is 20.3 Å². The summed E-state index contributed by atoms with van der Waals surface area (Å²) >= 11 is 0. The quantitative estimate of drug-likeness (QED) is 0.500. The molecule has 0 saturated carbocycles. The van der Waals surface area contributed by atoms with Gasteiger partial charge in [-0.2, -0.15) is 0 Å². The van der Waals surface area contributed by atoms with E-state index in [1.165, 1.54) is 0 Å². The van der Waals surface area contributed by atoms with E-state index in [9.17, 15) is 18.4 Å². The summed E-state index contributed by atoms with van der Waals surface area (Å²) in [6.07, 6.45) is 4.03. The zero-order valence-corrected chi connectivity index (χ0v) is 18.4. The van der Waals surface area contributed by atoms with Gasteiger partial charge < -0.3 is 4.90 Å². The molecule has 0 atom stereocenters. The molecule has 2 amide bonds. The first-order valence-electron chi connectivity index (χ1n) is 10.7. The summed E-state index contributed by atoms with van der Waals surface area (Å²) < 4.78 is 28.1. The average Bonchev–Trinajstić information content (AvgIpc) is 3.06. The molecule has 0 radical (unpaired) electrons. The van der Waals surface area contributed by atoms with Gasteiger partial charge in [0.05, 0.1) is 11.3 Å². The maximum Gasteiger partial charge on any atom is 0.282 e. The van der Waals surface area contributed by atoms with Crippen LogP contribution in [0.5, 0.6) is 0 Å². The Morgan fingerprint density at radius 3 is 2.27 bits per heavy atom. The van der Waals surface area contributed by atoms with Gasteiger partial charge in [0, 0.05) is 31.5 Å². The zero-order valence-electron chi connectivity index (χ0n) is 18.4. The molecule has 5 nitrogen and oxygen atoms in total. The van der Waals surface area contributed by atoms with Gasteiger partial charge in [-0.3, -0.25) is 14.6 Å². The van der Waals surface area contributed by atoms with Gasteiger partial charge in [-0.1, -0.05) is 29.8 Å². The Morgan fingerprint density at radius 1 is 0.939 bits per heavy atom. The predicted octanol–water partition coefficient (Wildman–Crippen LogP) is 4.52. The van der Waals surface area contributed by atoms with Gasteiger partial charge in [-0.15, -0.1) is 0 Å². The summed E-state index contributed by atoms with van der Waals surface area (Å²) in [7, 11) is 0. The molecule has 1 aliphatic rings. The normalized spacial score (nSPS) is 13.8. The number of aromatic nitrogens is 1. The molecule has 0 saturated heterocycles. The van der Waals surface area contributed by atoms with Crippen LogP contribution in [0.4, 0.5) is 14.5 Å². The number of amides is 2. The Labute approximate surface area is 191 Å². The Balaban J connectivity index is 1.78. The first-order valence-corrected chi connectivity index (χ1v) is 10.7. The molecule has 0 N–H and O–H groups in total. The van der Waals surface area contributed by atoms with Gasteiger partial charge in [-0.25, -0.2) is 13.7 Å². The van der Waals surface area contributed by atoms with Crippen molar-refractivity contribution in [3.63, 3.8) is 0 Å². The molecule has 1 aromatic heterocycles. The minimum absolute atomic E-state index is 0.209. The lowest BCUT2D eigenvalue weighted by Crippen LogP contribution is -2.36. The minimum Gasteiger partial charge on any atom is -0.366 e. The van der Waals surface area contributed by atoms with E-state index in [0.717, 1.165) is 28.2 Å². The minimum atomic E-state index is -0.971. The van der Waals surface area contributed by atoms with Crippen molar-refractivity contribution >= 4 is 23.1 Å². The largest absolute Gasteiger partial charge is 0.366 e. The number of hydrogen-bond acceptors (Lipinski definition) is 4. The number of anilines is 1. The molecule has 0 unspecified atom stereocenters. The smallest absolute Gasteiger partial charge is 0.282 e. The van der Waals surface area contributed by atoms with Crippen molar-refractivity contribution in [3.05, 3.63) is 101 Å². The number of nitrogens with zero attached hydrogens (tertiary/aromatic N) is 3. The van der Waals surface area contributed by atoms with Crippen molar-refractivity contribution in [2.75, 3.05) is 18.0 Å². The van der Waals surface area contributed by atoms with Crippen molar-refractivity contribution < 1.29 is 18.4 Å². The Hall–Kier alpha value is -3.87. The van der Waals surface area contributed by atoms with Crippen LogP contribution in [0.2, 0.25) is 0 Å². The Morgan fingerprint density at radius 2 is 1.64 bits per heavy atom. The van der Waals surface area contributed by atoms with Crippen LogP contribution in [0.25, 0.3) is 5.57 Å². The highest BCUT2D eigenvalue weighted by Gasteiger charge is 2.43. The number of carbonyl (C=O) groups excluding carboxylic acids is 2. The fraction of sp³-hybridized carbons (Fsp3) is 0.192. The molecule has 0 spiro atoms. The van der Waals surface area contributed by atoms with E-state index >= 15 is 0 Å². The second kappa shape index (κ2) is 9.32. The van der Waals surface area contributed by atoms with Crippen molar-refractivity contribution in [1.29, 1.82) is 0 Å². The number of pyridine rings is 1. The highest BCUT2D eigenvalue weighted by molar-refractivity contribution is 6.45. The molecule has 3 aromatic rings. The Bertz CT molecular complexity index is 1220. The molecule has 0 fully saturated rings. The van der Waals surface area contributed by atoms with Crippen LogP contribution in [0.3, 0.4) is 0 Å². The predicted molar refractivity (Wildman–Crippen MR) is 122 cm³/mol. The SMILES string of the molecule is CCN(CCc1ccncc1)C1=C(c2ccc(C)cc2)C(=O)N(c2ccc(F)cc2F)C1=O. The molecule has 4 rings (SSSR count). The molecule has 7 heteroatoms. The van der Waals surface area contributed by atoms with Crippen molar-refractivity contribution in [2.24, 2.45) is 0 Å². The molecule has 168 valence electrons. The number of imide groups is 1. The van der Waals surface area contributed by atoms with Gasteiger partial charge >= 0.3 is 0 Å². The van der Waals surface area contributed by atoms with E-state index in [1.54, 1.807) is 24.5 Å². The maximum absolute atomic E-state index is 14.6. The van der Waals surface area contributed by atoms with E-state index < -0.39 is 23.4 Å². The number of rotatable bonds is 7. The summed E-state index contributed by atoms with van der Waals surface area (Å²) in [4.78, 5) is 33.7. The van der Waals surface area contributed by atoms with Gasteiger partial charge in [-0.05, 0) is 55.7 Å². The molecular weight excluding hydrogens is 424 g/mol. The average molecular weight is 447 g/mol. The number of aryl methyl sites for hydroxylation is 1. The molecule has 0 bridgehead atoms. The van der Waals surface area contributed by atoms with Crippen LogP contribution in [0.15, 0.2) is 72.7 Å². The van der Waals surface area contributed by atoms with Crippen molar-refractivity contribution in [3.8, 4) is 0 Å². The lowest BCUT2D eigenvalue weighted by atomic mass is 10.0. The number of benzene rings is 2. The van der Waals surface area contributed by atoms with Gasteiger partial charge in [0.25, 0.3) is 11.8 Å². The molecule has 1 aliphatic heterocycles.